The van der Waals surface area contributed by atoms with Crippen molar-refractivity contribution in [3.05, 3.63) is 36.7 Å². The van der Waals surface area contributed by atoms with Crippen molar-refractivity contribution < 1.29 is 9.30 Å². The molecule has 0 bridgehead atoms. The first-order valence-corrected chi connectivity index (χ1v) is 3.68. The summed E-state index contributed by atoms with van der Waals surface area (Å²) in [6, 6.07) is 6.02. The molecule has 1 aromatic heterocycles. The SMILES string of the molecule is C=C1OCC[n+]2ccccc21. The van der Waals surface area contributed by atoms with Crippen LogP contribution in [0.1, 0.15) is 5.69 Å². The number of ether oxygens (including phenoxy) is 1. The van der Waals surface area contributed by atoms with Crippen molar-refractivity contribution in [1.82, 2.24) is 0 Å². The Morgan fingerprint density at radius 2 is 2.36 bits per heavy atom. The van der Waals surface area contributed by atoms with Gasteiger partial charge < -0.3 is 4.74 Å². The third-order valence-electron chi connectivity index (χ3n) is 1.83. The molecule has 0 fully saturated rings. The number of aromatic nitrogens is 1. The van der Waals surface area contributed by atoms with Crippen molar-refractivity contribution in [3.63, 3.8) is 0 Å². The van der Waals surface area contributed by atoms with Crippen molar-refractivity contribution in [3.8, 4) is 0 Å². The Morgan fingerprint density at radius 3 is 3.18 bits per heavy atom. The normalized spacial score (nSPS) is 15.5. The minimum Gasteiger partial charge on any atom is -0.481 e. The zero-order chi connectivity index (χ0) is 7.68. The van der Waals surface area contributed by atoms with Gasteiger partial charge in [0.25, 0.3) is 0 Å². The minimum absolute atomic E-state index is 0.737. The maximum atomic E-state index is 5.29. The lowest BCUT2D eigenvalue weighted by molar-refractivity contribution is -0.706. The van der Waals surface area contributed by atoms with E-state index < -0.39 is 0 Å². The average molecular weight is 148 g/mol. The quantitative estimate of drug-likeness (QED) is 0.500. The van der Waals surface area contributed by atoms with Crippen molar-refractivity contribution in [2.75, 3.05) is 6.61 Å². The molecule has 0 unspecified atom stereocenters. The van der Waals surface area contributed by atoms with Crippen molar-refractivity contribution in [2.24, 2.45) is 0 Å². The topological polar surface area (TPSA) is 13.1 Å². The zero-order valence-corrected chi connectivity index (χ0v) is 6.29. The number of hydrogen-bond donors (Lipinski definition) is 0. The molecular weight excluding hydrogens is 138 g/mol. The van der Waals surface area contributed by atoms with Gasteiger partial charge in [-0.25, -0.2) is 0 Å². The van der Waals surface area contributed by atoms with Crippen LogP contribution in [0.5, 0.6) is 0 Å². The van der Waals surface area contributed by atoms with E-state index in [9.17, 15) is 0 Å². The standard InChI is InChI=1S/C9H10NO/c1-8-9-4-2-3-5-10(9)6-7-11-8/h2-5H,1,6-7H2/q+1. The van der Waals surface area contributed by atoms with Crippen LogP contribution < -0.4 is 4.57 Å². The molecule has 1 aromatic rings. The molecule has 0 radical (unpaired) electrons. The molecule has 2 rings (SSSR count). The highest BCUT2D eigenvalue weighted by Gasteiger charge is 2.18. The monoisotopic (exact) mass is 148 g/mol. The van der Waals surface area contributed by atoms with Gasteiger partial charge in [-0.3, -0.25) is 0 Å². The first kappa shape index (κ1) is 6.40. The summed E-state index contributed by atoms with van der Waals surface area (Å²) in [4.78, 5) is 0. The lowest BCUT2D eigenvalue weighted by atomic mass is 10.3. The van der Waals surface area contributed by atoms with Gasteiger partial charge in [-0.2, -0.15) is 4.57 Å². The molecule has 0 atom stereocenters. The second-order valence-corrected chi connectivity index (χ2v) is 2.55. The van der Waals surface area contributed by atoms with E-state index in [-0.39, 0.29) is 0 Å². The summed E-state index contributed by atoms with van der Waals surface area (Å²) in [7, 11) is 0. The highest BCUT2D eigenvalue weighted by atomic mass is 16.5. The summed E-state index contributed by atoms with van der Waals surface area (Å²) in [6.07, 6.45) is 2.04. The predicted octanol–water partition coefficient (Wildman–Crippen LogP) is 0.975. The van der Waals surface area contributed by atoms with Crippen LogP contribution in [0.15, 0.2) is 31.0 Å². The molecule has 0 saturated heterocycles. The molecule has 2 nitrogen and oxygen atoms in total. The van der Waals surface area contributed by atoms with Gasteiger partial charge in [0.1, 0.15) is 6.61 Å². The lowest BCUT2D eigenvalue weighted by Gasteiger charge is -2.12. The fourth-order valence-corrected chi connectivity index (χ4v) is 1.27. The highest BCUT2D eigenvalue weighted by Crippen LogP contribution is 2.11. The number of hydrogen-bond acceptors (Lipinski definition) is 1. The third-order valence-corrected chi connectivity index (χ3v) is 1.83. The zero-order valence-electron chi connectivity index (χ0n) is 6.29. The molecular formula is C9H10NO+. The Hall–Kier alpha value is -1.31. The van der Waals surface area contributed by atoms with Gasteiger partial charge in [-0.15, -0.1) is 0 Å². The third kappa shape index (κ3) is 1.00. The second kappa shape index (κ2) is 2.38. The molecule has 0 amide bonds. The Kier molecular flexibility index (Phi) is 1.39. The van der Waals surface area contributed by atoms with Crippen LogP contribution in [0.4, 0.5) is 0 Å². The molecule has 0 aromatic carbocycles. The molecule has 1 aliphatic rings. The fourth-order valence-electron chi connectivity index (χ4n) is 1.27. The Morgan fingerprint density at radius 1 is 1.45 bits per heavy atom. The summed E-state index contributed by atoms with van der Waals surface area (Å²) in [6.45, 7) is 5.47. The van der Waals surface area contributed by atoms with Crippen LogP contribution in [-0.4, -0.2) is 6.61 Å². The molecule has 11 heavy (non-hydrogen) atoms. The van der Waals surface area contributed by atoms with Crippen LogP contribution in [0, 0.1) is 0 Å². The van der Waals surface area contributed by atoms with Gasteiger partial charge >= 0.3 is 0 Å². The van der Waals surface area contributed by atoms with Gasteiger partial charge in [-0.1, -0.05) is 0 Å². The van der Waals surface area contributed by atoms with E-state index in [1.165, 1.54) is 0 Å². The van der Waals surface area contributed by atoms with E-state index in [1.54, 1.807) is 0 Å². The molecule has 56 valence electrons. The molecule has 1 aliphatic heterocycles. The summed E-state index contributed by atoms with van der Waals surface area (Å²) in [5.74, 6) is 0.775. The number of fused-ring (bicyclic) bond motifs is 1. The number of pyridine rings is 1. The van der Waals surface area contributed by atoms with Crippen LogP contribution in [0.3, 0.4) is 0 Å². The minimum atomic E-state index is 0.737. The van der Waals surface area contributed by atoms with E-state index in [0.29, 0.717) is 0 Å². The Balaban J connectivity index is 2.52. The van der Waals surface area contributed by atoms with Gasteiger partial charge in [0.15, 0.2) is 18.5 Å². The summed E-state index contributed by atoms with van der Waals surface area (Å²) < 4.78 is 7.43. The van der Waals surface area contributed by atoms with Crippen LogP contribution in [-0.2, 0) is 11.3 Å². The van der Waals surface area contributed by atoms with Gasteiger partial charge in [-0.05, 0) is 12.6 Å². The van der Waals surface area contributed by atoms with E-state index in [0.717, 1.165) is 24.6 Å². The number of nitrogens with zero attached hydrogens (tertiary/aromatic N) is 1. The lowest BCUT2D eigenvalue weighted by Crippen LogP contribution is -2.42. The van der Waals surface area contributed by atoms with Crippen LogP contribution >= 0.6 is 0 Å². The molecule has 0 spiro atoms. The van der Waals surface area contributed by atoms with E-state index >= 15 is 0 Å². The fraction of sp³-hybridized carbons (Fsp3) is 0.222. The second-order valence-electron chi connectivity index (χ2n) is 2.55. The molecule has 2 heteroatoms. The smallest absolute Gasteiger partial charge is 0.247 e. The average Bonchev–Trinajstić information content (AvgIpc) is 2.06. The largest absolute Gasteiger partial charge is 0.481 e. The predicted molar refractivity (Wildman–Crippen MR) is 41.6 cm³/mol. The van der Waals surface area contributed by atoms with Crippen molar-refractivity contribution >= 4 is 5.76 Å². The maximum absolute atomic E-state index is 5.29. The molecule has 0 saturated carbocycles. The van der Waals surface area contributed by atoms with E-state index in [2.05, 4.69) is 11.1 Å². The van der Waals surface area contributed by atoms with Crippen LogP contribution in [0.25, 0.3) is 5.76 Å². The Bertz CT molecular complexity index is 293. The first-order chi connectivity index (χ1) is 5.38. The highest BCUT2D eigenvalue weighted by molar-refractivity contribution is 5.50. The van der Waals surface area contributed by atoms with Gasteiger partial charge in [0.05, 0.1) is 0 Å². The van der Waals surface area contributed by atoms with Gasteiger partial charge in [0, 0.05) is 12.1 Å². The van der Waals surface area contributed by atoms with Crippen LogP contribution in [0.2, 0.25) is 0 Å². The summed E-state index contributed by atoms with van der Waals surface area (Å²) in [5.41, 5.74) is 1.08. The van der Waals surface area contributed by atoms with E-state index in [4.69, 9.17) is 4.74 Å². The maximum Gasteiger partial charge on any atom is 0.247 e. The molecule has 0 N–H and O–H groups in total. The summed E-state index contributed by atoms with van der Waals surface area (Å²) in [5, 5.41) is 0. The van der Waals surface area contributed by atoms with Gasteiger partial charge in [0.2, 0.25) is 5.69 Å². The molecule has 2 heterocycles. The number of rotatable bonds is 0. The first-order valence-electron chi connectivity index (χ1n) is 3.68. The summed E-state index contributed by atoms with van der Waals surface area (Å²) >= 11 is 0. The van der Waals surface area contributed by atoms with Crippen molar-refractivity contribution in [2.45, 2.75) is 6.54 Å². The Labute approximate surface area is 65.7 Å². The van der Waals surface area contributed by atoms with E-state index in [1.807, 2.05) is 24.4 Å². The van der Waals surface area contributed by atoms with Crippen molar-refractivity contribution in [1.29, 1.82) is 0 Å². The molecule has 0 aliphatic carbocycles.